The van der Waals surface area contributed by atoms with E-state index >= 15 is 0 Å². The van der Waals surface area contributed by atoms with Gasteiger partial charge in [-0.25, -0.2) is 0 Å². The largest absolute Gasteiger partial charge is 0.493 e. The Kier molecular flexibility index (Phi) is 5.49. The van der Waals surface area contributed by atoms with E-state index in [1.165, 1.54) is 0 Å². The Bertz CT molecular complexity index is 405. The fourth-order valence-corrected chi connectivity index (χ4v) is 1.88. The fraction of sp³-hybridized carbons (Fsp3) is 0.500. The van der Waals surface area contributed by atoms with Gasteiger partial charge in [0.25, 0.3) is 5.91 Å². The highest BCUT2D eigenvalue weighted by atomic mass is 16.5. The Hall–Kier alpha value is -1.71. The molecule has 0 aliphatic carbocycles. The van der Waals surface area contributed by atoms with E-state index in [1.54, 1.807) is 23.1 Å². The molecule has 18 heavy (non-hydrogen) atoms. The van der Waals surface area contributed by atoms with Gasteiger partial charge in [0.15, 0.2) is 0 Å². The summed E-state index contributed by atoms with van der Waals surface area (Å²) in [5.74, 6) is 0.512. The van der Waals surface area contributed by atoms with Crippen molar-refractivity contribution < 1.29 is 9.53 Å². The fourth-order valence-electron chi connectivity index (χ4n) is 1.88. The maximum Gasteiger partial charge on any atom is 0.259 e. The number of ether oxygens (including phenoxy) is 1. The van der Waals surface area contributed by atoms with Gasteiger partial charge in [0.1, 0.15) is 11.3 Å². The van der Waals surface area contributed by atoms with Gasteiger partial charge in [0.2, 0.25) is 0 Å². The third-order valence-electron chi connectivity index (χ3n) is 2.73. The van der Waals surface area contributed by atoms with Gasteiger partial charge in [-0.15, -0.1) is 0 Å². The van der Waals surface area contributed by atoms with Crippen LogP contribution in [0.1, 0.15) is 37.6 Å². The number of hydrogen-bond donors (Lipinski definition) is 1. The lowest BCUT2D eigenvalue weighted by Gasteiger charge is -2.22. The zero-order chi connectivity index (χ0) is 13.5. The number of hydrogen-bond acceptors (Lipinski definition) is 3. The summed E-state index contributed by atoms with van der Waals surface area (Å²) in [4.78, 5) is 14.2. The van der Waals surface area contributed by atoms with Crippen LogP contribution in [0.3, 0.4) is 0 Å². The van der Waals surface area contributed by atoms with E-state index in [9.17, 15) is 4.79 Å². The van der Waals surface area contributed by atoms with Crippen LogP contribution in [0.4, 0.5) is 5.69 Å². The highest BCUT2D eigenvalue weighted by molar-refractivity contribution is 6.01. The quantitative estimate of drug-likeness (QED) is 0.789. The number of carbonyl (C=O) groups is 1. The molecule has 0 aliphatic rings. The molecule has 0 spiro atoms. The molecule has 1 aromatic carbocycles. The van der Waals surface area contributed by atoms with Gasteiger partial charge in [-0.1, -0.05) is 13.0 Å². The molecule has 0 unspecified atom stereocenters. The molecule has 0 aliphatic heterocycles. The van der Waals surface area contributed by atoms with Crippen LogP contribution in [0.5, 0.6) is 5.75 Å². The molecule has 0 bridgehead atoms. The molecule has 4 nitrogen and oxygen atoms in total. The first-order valence-electron chi connectivity index (χ1n) is 6.46. The van der Waals surface area contributed by atoms with Crippen molar-refractivity contribution in [3.8, 4) is 5.75 Å². The van der Waals surface area contributed by atoms with Crippen molar-refractivity contribution >= 4 is 11.6 Å². The van der Waals surface area contributed by atoms with Gasteiger partial charge in [-0.3, -0.25) is 4.79 Å². The summed E-state index contributed by atoms with van der Waals surface area (Å²) in [5, 5.41) is 0. The predicted octanol–water partition coefficient (Wildman–Crippen LogP) is 2.54. The summed E-state index contributed by atoms with van der Waals surface area (Å²) in [5.41, 5.74) is 6.87. The van der Waals surface area contributed by atoms with Crippen molar-refractivity contribution in [1.82, 2.24) is 4.90 Å². The van der Waals surface area contributed by atoms with Gasteiger partial charge in [-0.05, 0) is 32.4 Å². The molecular weight excluding hydrogens is 228 g/mol. The topological polar surface area (TPSA) is 55.6 Å². The second-order valence-corrected chi connectivity index (χ2v) is 4.04. The van der Waals surface area contributed by atoms with Gasteiger partial charge in [0.05, 0.1) is 6.61 Å². The van der Waals surface area contributed by atoms with Gasteiger partial charge in [-0.2, -0.15) is 0 Å². The molecule has 0 saturated heterocycles. The average Bonchev–Trinajstić information content (AvgIpc) is 2.36. The second kappa shape index (κ2) is 6.89. The van der Waals surface area contributed by atoms with E-state index in [2.05, 4.69) is 0 Å². The average molecular weight is 250 g/mol. The van der Waals surface area contributed by atoms with E-state index in [4.69, 9.17) is 10.5 Å². The number of nitrogen functional groups attached to an aromatic ring is 1. The van der Waals surface area contributed by atoms with Crippen LogP contribution >= 0.6 is 0 Å². The number of nitrogens with zero attached hydrogens (tertiary/aromatic N) is 1. The van der Waals surface area contributed by atoms with Crippen molar-refractivity contribution in [2.24, 2.45) is 0 Å². The summed E-state index contributed by atoms with van der Waals surface area (Å²) in [6.45, 7) is 7.83. The normalized spacial score (nSPS) is 10.2. The first-order valence-corrected chi connectivity index (χ1v) is 6.46. The minimum Gasteiger partial charge on any atom is -0.493 e. The molecule has 4 heteroatoms. The zero-order valence-electron chi connectivity index (χ0n) is 11.4. The van der Waals surface area contributed by atoms with Gasteiger partial charge < -0.3 is 15.4 Å². The molecule has 0 aromatic heterocycles. The number of nitrogens with two attached hydrogens (primary N) is 1. The summed E-state index contributed by atoms with van der Waals surface area (Å²) in [7, 11) is 0. The number of anilines is 1. The van der Waals surface area contributed by atoms with Crippen LogP contribution in [0.25, 0.3) is 0 Å². The Balaban J connectivity index is 3.09. The highest BCUT2D eigenvalue weighted by Crippen LogP contribution is 2.26. The number of amides is 1. The molecular formula is C14H22N2O2. The lowest BCUT2D eigenvalue weighted by atomic mass is 10.1. The summed E-state index contributed by atoms with van der Waals surface area (Å²) < 4.78 is 5.48. The highest BCUT2D eigenvalue weighted by Gasteiger charge is 2.20. The standard InChI is InChI=1S/C14H22N2O2/c1-4-10-16(5-2)14(17)13-11(15)8-7-9-12(13)18-6-3/h7-9H,4-6,10,15H2,1-3H3. The van der Waals surface area contributed by atoms with Crippen LogP contribution in [0.2, 0.25) is 0 Å². The molecule has 0 fully saturated rings. The van der Waals surface area contributed by atoms with Gasteiger partial charge >= 0.3 is 0 Å². The molecule has 1 aromatic rings. The van der Waals surface area contributed by atoms with Crippen LogP contribution < -0.4 is 10.5 Å². The lowest BCUT2D eigenvalue weighted by molar-refractivity contribution is 0.0761. The lowest BCUT2D eigenvalue weighted by Crippen LogP contribution is -2.32. The second-order valence-electron chi connectivity index (χ2n) is 4.04. The molecule has 1 rings (SSSR count). The summed E-state index contributed by atoms with van der Waals surface area (Å²) in [6.07, 6.45) is 0.927. The first-order chi connectivity index (χ1) is 8.65. The molecule has 0 saturated carbocycles. The Morgan fingerprint density at radius 3 is 2.61 bits per heavy atom. The van der Waals surface area contributed by atoms with Crippen LogP contribution in [0.15, 0.2) is 18.2 Å². The summed E-state index contributed by atoms with van der Waals surface area (Å²) >= 11 is 0. The number of rotatable bonds is 6. The Morgan fingerprint density at radius 2 is 2.06 bits per heavy atom. The van der Waals surface area contributed by atoms with E-state index in [1.807, 2.05) is 20.8 Å². The Labute approximate surface area is 109 Å². The van der Waals surface area contributed by atoms with Crippen molar-refractivity contribution in [2.45, 2.75) is 27.2 Å². The van der Waals surface area contributed by atoms with Gasteiger partial charge in [0, 0.05) is 18.8 Å². The molecule has 2 N–H and O–H groups in total. The third-order valence-corrected chi connectivity index (χ3v) is 2.73. The SMILES string of the molecule is CCCN(CC)C(=O)c1c(N)cccc1OCC. The monoisotopic (exact) mass is 250 g/mol. The molecule has 1 amide bonds. The first kappa shape index (κ1) is 14.4. The molecule has 0 radical (unpaired) electrons. The number of benzene rings is 1. The predicted molar refractivity (Wildman–Crippen MR) is 73.9 cm³/mol. The van der Waals surface area contributed by atoms with Crippen LogP contribution in [0, 0.1) is 0 Å². The zero-order valence-corrected chi connectivity index (χ0v) is 11.4. The maximum atomic E-state index is 12.4. The van der Waals surface area contributed by atoms with Crippen molar-refractivity contribution in [3.05, 3.63) is 23.8 Å². The van der Waals surface area contributed by atoms with E-state index in [0.29, 0.717) is 30.2 Å². The van der Waals surface area contributed by atoms with Crippen molar-refractivity contribution in [1.29, 1.82) is 0 Å². The molecule has 0 atom stereocenters. The Morgan fingerprint density at radius 1 is 1.33 bits per heavy atom. The van der Waals surface area contributed by atoms with E-state index in [-0.39, 0.29) is 5.91 Å². The molecule has 100 valence electrons. The van der Waals surface area contributed by atoms with Crippen molar-refractivity contribution in [3.63, 3.8) is 0 Å². The maximum absolute atomic E-state index is 12.4. The summed E-state index contributed by atoms with van der Waals surface area (Å²) in [6, 6.07) is 5.32. The third kappa shape index (κ3) is 3.15. The molecule has 0 heterocycles. The smallest absolute Gasteiger partial charge is 0.259 e. The van der Waals surface area contributed by atoms with E-state index in [0.717, 1.165) is 13.0 Å². The minimum atomic E-state index is -0.0547. The van der Waals surface area contributed by atoms with Crippen molar-refractivity contribution in [2.75, 3.05) is 25.4 Å². The minimum absolute atomic E-state index is 0.0547. The van der Waals surface area contributed by atoms with Crippen LogP contribution in [-0.4, -0.2) is 30.5 Å². The van der Waals surface area contributed by atoms with E-state index < -0.39 is 0 Å². The number of carbonyl (C=O) groups excluding carboxylic acids is 1. The van der Waals surface area contributed by atoms with Crippen LogP contribution in [-0.2, 0) is 0 Å².